The second-order valence-corrected chi connectivity index (χ2v) is 4.03. The Labute approximate surface area is 92.2 Å². The Bertz CT molecular complexity index is 234. The summed E-state index contributed by atoms with van der Waals surface area (Å²) in [4.78, 5) is 0. The summed E-state index contributed by atoms with van der Waals surface area (Å²) >= 11 is 0. The van der Waals surface area contributed by atoms with E-state index >= 15 is 0 Å². The van der Waals surface area contributed by atoms with Crippen LogP contribution >= 0.6 is 0 Å². The lowest BCUT2D eigenvalue weighted by Gasteiger charge is -2.14. The number of nitrogens with one attached hydrogen (secondary N) is 1. The van der Waals surface area contributed by atoms with E-state index in [9.17, 15) is 0 Å². The summed E-state index contributed by atoms with van der Waals surface area (Å²) < 4.78 is 5.02. The number of rotatable bonds is 8. The summed E-state index contributed by atoms with van der Waals surface area (Å²) in [6.07, 6.45) is 6.90. The number of hydrogen-bond donors (Lipinski definition) is 1. The fourth-order valence-electron chi connectivity index (χ4n) is 1.68. The molecule has 0 aliphatic rings. The average molecular weight is 210 g/mol. The van der Waals surface area contributed by atoms with Gasteiger partial charge in [-0.2, -0.15) is 0 Å². The Morgan fingerprint density at radius 2 is 2.33 bits per heavy atom. The zero-order valence-electron chi connectivity index (χ0n) is 9.83. The molecular weight excluding hydrogens is 188 g/mol. The number of hydrogen-bond acceptors (Lipinski definition) is 3. The van der Waals surface area contributed by atoms with Gasteiger partial charge in [0.25, 0.3) is 0 Å². The van der Waals surface area contributed by atoms with Crippen LogP contribution in [0.3, 0.4) is 0 Å². The van der Waals surface area contributed by atoms with E-state index in [4.69, 9.17) is 4.52 Å². The van der Waals surface area contributed by atoms with Crippen LogP contribution in [-0.4, -0.2) is 11.7 Å². The lowest BCUT2D eigenvalue weighted by Crippen LogP contribution is -2.21. The van der Waals surface area contributed by atoms with Crippen molar-refractivity contribution in [1.29, 1.82) is 0 Å². The van der Waals surface area contributed by atoms with Crippen molar-refractivity contribution in [2.75, 3.05) is 6.54 Å². The summed E-state index contributed by atoms with van der Waals surface area (Å²) in [5, 5.41) is 7.09. The molecule has 0 radical (unpaired) electrons. The van der Waals surface area contributed by atoms with E-state index in [0.717, 1.165) is 24.8 Å². The van der Waals surface area contributed by atoms with Gasteiger partial charge in [-0.05, 0) is 18.9 Å². The van der Waals surface area contributed by atoms with E-state index < -0.39 is 0 Å². The molecule has 1 unspecified atom stereocenters. The van der Waals surface area contributed by atoms with Gasteiger partial charge < -0.3 is 9.84 Å². The van der Waals surface area contributed by atoms with Gasteiger partial charge in [0, 0.05) is 6.07 Å². The zero-order valence-corrected chi connectivity index (χ0v) is 9.83. The summed E-state index contributed by atoms with van der Waals surface area (Å²) in [7, 11) is 0. The molecule has 1 rings (SSSR count). The van der Waals surface area contributed by atoms with Gasteiger partial charge in [0.05, 0.1) is 12.7 Å². The summed E-state index contributed by atoms with van der Waals surface area (Å²) in [6, 6.07) is 1.90. The third kappa shape index (κ3) is 4.98. The molecule has 3 heteroatoms. The summed E-state index contributed by atoms with van der Waals surface area (Å²) in [6.45, 7) is 6.38. The predicted octanol–water partition coefficient (Wildman–Crippen LogP) is 2.98. The molecule has 0 bridgehead atoms. The minimum Gasteiger partial charge on any atom is -0.360 e. The molecule has 3 nitrogen and oxygen atoms in total. The molecule has 1 atom stereocenters. The van der Waals surface area contributed by atoms with Crippen LogP contribution in [0.2, 0.25) is 0 Å². The van der Waals surface area contributed by atoms with E-state index in [2.05, 4.69) is 24.3 Å². The normalized spacial score (nSPS) is 12.9. The Hall–Kier alpha value is -0.830. The van der Waals surface area contributed by atoms with Crippen molar-refractivity contribution >= 4 is 0 Å². The Morgan fingerprint density at radius 1 is 1.47 bits per heavy atom. The van der Waals surface area contributed by atoms with Crippen molar-refractivity contribution in [3.63, 3.8) is 0 Å². The van der Waals surface area contributed by atoms with Gasteiger partial charge in [-0.3, -0.25) is 0 Å². The van der Waals surface area contributed by atoms with E-state index in [0.29, 0.717) is 0 Å². The summed E-state index contributed by atoms with van der Waals surface area (Å²) in [5.74, 6) is 1.72. The number of aromatic nitrogens is 1. The van der Waals surface area contributed by atoms with Gasteiger partial charge in [0.15, 0.2) is 0 Å². The van der Waals surface area contributed by atoms with Gasteiger partial charge in [-0.25, -0.2) is 0 Å². The maximum absolute atomic E-state index is 5.02. The number of nitrogens with zero attached hydrogens (tertiary/aromatic N) is 1. The van der Waals surface area contributed by atoms with Crippen molar-refractivity contribution in [3.05, 3.63) is 18.0 Å². The smallest absolute Gasteiger partial charge is 0.150 e. The molecule has 1 aromatic rings. The molecule has 0 saturated carbocycles. The molecule has 0 aliphatic heterocycles. The van der Waals surface area contributed by atoms with Crippen molar-refractivity contribution < 1.29 is 4.52 Å². The summed E-state index contributed by atoms with van der Waals surface area (Å²) in [5.41, 5.74) is 0. The van der Waals surface area contributed by atoms with Crippen molar-refractivity contribution in [1.82, 2.24) is 10.5 Å². The molecular formula is C12H22N2O. The van der Waals surface area contributed by atoms with E-state index in [1.54, 1.807) is 6.20 Å². The minimum absolute atomic E-state index is 0.794. The van der Waals surface area contributed by atoms with Crippen molar-refractivity contribution in [3.8, 4) is 0 Å². The topological polar surface area (TPSA) is 38.1 Å². The first-order valence-corrected chi connectivity index (χ1v) is 5.97. The van der Waals surface area contributed by atoms with Crippen LogP contribution in [0.15, 0.2) is 16.8 Å². The highest BCUT2D eigenvalue weighted by Crippen LogP contribution is 2.11. The molecule has 15 heavy (non-hydrogen) atoms. The van der Waals surface area contributed by atoms with Crippen LogP contribution in [-0.2, 0) is 6.54 Å². The highest BCUT2D eigenvalue weighted by molar-refractivity contribution is 4.91. The standard InChI is InChI=1S/C12H22N2O/c1-3-5-6-11(4-2)9-13-10-12-7-8-14-15-12/h7-8,11,13H,3-6,9-10H2,1-2H3. The lowest BCUT2D eigenvalue weighted by atomic mass is 9.99. The highest BCUT2D eigenvalue weighted by atomic mass is 16.5. The van der Waals surface area contributed by atoms with Crippen LogP contribution < -0.4 is 5.32 Å². The zero-order chi connectivity index (χ0) is 10.9. The fourth-order valence-corrected chi connectivity index (χ4v) is 1.68. The van der Waals surface area contributed by atoms with Crippen LogP contribution in [0.25, 0.3) is 0 Å². The molecule has 0 aromatic carbocycles. The fraction of sp³-hybridized carbons (Fsp3) is 0.750. The third-order valence-corrected chi connectivity index (χ3v) is 2.77. The first kappa shape index (κ1) is 12.2. The van der Waals surface area contributed by atoms with Crippen LogP contribution in [0.1, 0.15) is 45.3 Å². The Kier molecular flexibility index (Phi) is 6.09. The molecule has 86 valence electrons. The molecule has 0 fully saturated rings. The van der Waals surface area contributed by atoms with Crippen LogP contribution in [0, 0.1) is 5.92 Å². The quantitative estimate of drug-likeness (QED) is 0.717. The first-order chi connectivity index (χ1) is 7.36. The molecule has 0 saturated heterocycles. The molecule has 0 aliphatic carbocycles. The first-order valence-electron chi connectivity index (χ1n) is 5.97. The minimum atomic E-state index is 0.794. The van der Waals surface area contributed by atoms with Crippen molar-refractivity contribution in [2.45, 2.75) is 46.1 Å². The van der Waals surface area contributed by atoms with Gasteiger partial charge in [0.2, 0.25) is 0 Å². The molecule has 1 N–H and O–H groups in total. The number of unbranched alkanes of at least 4 members (excludes halogenated alkanes) is 1. The lowest BCUT2D eigenvalue weighted by molar-refractivity contribution is 0.358. The maximum atomic E-state index is 5.02. The van der Waals surface area contributed by atoms with Crippen molar-refractivity contribution in [2.24, 2.45) is 5.92 Å². The van der Waals surface area contributed by atoms with E-state index in [-0.39, 0.29) is 0 Å². The van der Waals surface area contributed by atoms with E-state index in [1.165, 1.54) is 25.7 Å². The molecule has 0 amide bonds. The van der Waals surface area contributed by atoms with Crippen LogP contribution in [0.4, 0.5) is 0 Å². The third-order valence-electron chi connectivity index (χ3n) is 2.77. The second-order valence-electron chi connectivity index (χ2n) is 4.03. The van der Waals surface area contributed by atoms with Gasteiger partial charge in [-0.15, -0.1) is 0 Å². The van der Waals surface area contributed by atoms with Crippen LogP contribution in [0.5, 0.6) is 0 Å². The largest absolute Gasteiger partial charge is 0.360 e. The maximum Gasteiger partial charge on any atom is 0.150 e. The molecule has 1 heterocycles. The van der Waals surface area contributed by atoms with Gasteiger partial charge in [0.1, 0.15) is 5.76 Å². The predicted molar refractivity (Wildman–Crippen MR) is 61.5 cm³/mol. The second kappa shape index (κ2) is 7.46. The Balaban J connectivity index is 2.11. The van der Waals surface area contributed by atoms with Gasteiger partial charge >= 0.3 is 0 Å². The monoisotopic (exact) mass is 210 g/mol. The Morgan fingerprint density at radius 3 is 2.93 bits per heavy atom. The molecule has 1 aromatic heterocycles. The van der Waals surface area contributed by atoms with Gasteiger partial charge in [-0.1, -0.05) is 38.3 Å². The highest BCUT2D eigenvalue weighted by Gasteiger charge is 2.05. The average Bonchev–Trinajstić information content (AvgIpc) is 2.76. The molecule has 0 spiro atoms. The van der Waals surface area contributed by atoms with E-state index in [1.807, 2.05) is 6.07 Å². The SMILES string of the molecule is CCCCC(CC)CNCc1ccno1.